The van der Waals surface area contributed by atoms with E-state index in [1.54, 1.807) is 6.92 Å². The lowest BCUT2D eigenvalue weighted by Crippen LogP contribution is -2.19. The zero-order valence-electron chi connectivity index (χ0n) is 14.1. The monoisotopic (exact) mass is 313 g/mol. The first-order valence-corrected chi connectivity index (χ1v) is 7.90. The summed E-state index contributed by atoms with van der Waals surface area (Å²) < 4.78 is 5.65. The zero-order chi connectivity index (χ0) is 17.0. The van der Waals surface area contributed by atoms with Gasteiger partial charge in [-0.15, -0.1) is 0 Å². The van der Waals surface area contributed by atoms with Crippen molar-refractivity contribution in [2.24, 2.45) is 0 Å². The van der Waals surface area contributed by atoms with Crippen molar-refractivity contribution in [1.82, 2.24) is 9.97 Å². The maximum atomic E-state index is 12.3. The van der Waals surface area contributed by atoms with Gasteiger partial charge in [0.2, 0.25) is 0 Å². The molecule has 23 heavy (non-hydrogen) atoms. The van der Waals surface area contributed by atoms with Crippen molar-refractivity contribution >= 4 is 5.71 Å². The van der Waals surface area contributed by atoms with Crippen LogP contribution in [0.5, 0.6) is 5.75 Å². The smallest absolute Gasteiger partial charge is 0.254 e. The van der Waals surface area contributed by atoms with Crippen LogP contribution >= 0.6 is 0 Å². The highest BCUT2D eigenvalue weighted by atomic mass is 16.5. The van der Waals surface area contributed by atoms with Gasteiger partial charge in [-0.25, -0.2) is 4.98 Å². The predicted molar refractivity (Wildman–Crippen MR) is 92.7 cm³/mol. The standard InChI is InChI=1S/C18H23N3O2/c1-5-7-14(19)16-12(4)18(22)21-17(20-16)13-10-11(3)8-9-15(13)23-6-2/h8-10,19H,5-7H2,1-4H3,(H,20,21,22). The van der Waals surface area contributed by atoms with Crippen molar-refractivity contribution in [2.45, 2.75) is 40.5 Å². The van der Waals surface area contributed by atoms with Crippen LogP contribution in [0.15, 0.2) is 23.0 Å². The first-order valence-electron chi connectivity index (χ1n) is 7.90. The van der Waals surface area contributed by atoms with Gasteiger partial charge in [-0.3, -0.25) is 4.79 Å². The maximum absolute atomic E-state index is 12.3. The second-order valence-corrected chi connectivity index (χ2v) is 5.55. The van der Waals surface area contributed by atoms with Gasteiger partial charge >= 0.3 is 0 Å². The summed E-state index contributed by atoms with van der Waals surface area (Å²) >= 11 is 0. The molecule has 0 fully saturated rings. The second-order valence-electron chi connectivity index (χ2n) is 5.55. The molecule has 0 spiro atoms. The van der Waals surface area contributed by atoms with Crippen LogP contribution in [0.1, 0.15) is 43.5 Å². The molecule has 0 unspecified atom stereocenters. The van der Waals surface area contributed by atoms with Gasteiger partial charge in [-0.1, -0.05) is 25.0 Å². The summed E-state index contributed by atoms with van der Waals surface area (Å²) in [6.45, 7) is 8.13. The Kier molecular flexibility index (Phi) is 5.32. The largest absolute Gasteiger partial charge is 0.493 e. The van der Waals surface area contributed by atoms with Gasteiger partial charge in [0.05, 0.1) is 23.6 Å². The number of aryl methyl sites for hydroxylation is 1. The van der Waals surface area contributed by atoms with Crippen LogP contribution in [0, 0.1) is 19.3 Å². The molecule has 1 aromatic carbocycles. The highest BCUT2D eigenvalue weighted by Crippen LogP contribution is 2.28. The molecule has 5 nitrogen and oxygen atoms in total. The molecule has 1 heterocycles. The fourth-order valence-electron chi connectivity index (χ4n) is 2.43. The molecule has 5 heteroatoms. The highest BCUT2D eigenvalue weighted by Gasteiger charge is 2.15. The van der Waals surface area contributed by atoms with Gasteiger partial charge in [0.15, 0.2) is 0 Å². The first-order chi connectivity index (χ1) is 11.0. The molecule has 2 N–H and O–H groups in total. The van der Waals surface area contributed by atoms with E-state index in [2.05, 4.69) is 9.97 Å². The Balaban J connectivity index is 2.63. The Labute approximate surface area is 136 Å². The SMILES string of the molecule is CCCC(=N)c1nc(-c2cc(C)ccc2OCC)[nH]c(=O)c1C. The third-order valence-electron chi connectivity index (χ3n) is 3.63. The van der Waals surface area contributed by atoms with Crippen molar-refractivity contribution < 1.29 is 4.74 Å². The van der Waals surface area contributed by atoms with E-state index in [9.17, 15) is 4.79 Å². The molecule has 0 radical (unpaired) electrons. The first kappa shape index (κ1) is 16.9. The number of ether oxygens (including phenoxy) is 1. The maximum Gasteiger partial charge on any atom is 0.254 e. The van der Waals surface area contributed by atoms with Gasteiger partial charge in [0.25, 0.3) is 5.56 Å². The second kappa shape index (κ2) is 7.22. The average Bonchev–Trinajstić information content (AvgIpc) is 2.52. The Hall–Kier alpha value is -2.43. The number of H-pyrrole nitrogens is 1. The summed E-state index contributed by atoms with van der Waals surface area (Å²) in [5.74, 6) is 1.13. The molecule has 2 rings (SSSR count). The Morgan fingerprint density at radius 1 is 1.30 bits per heavy atom. The number of hydrogen-bond donors (Lipinski definition) is 2. The minimum absolute atomic E-state index is 0.213. The fourth-order valence-corrected chi connectivity index (χ4v) is 2.43. The van der Waals surface area contributed by atoms with Crippen molar-refractivity contribution in [3.8, 4) is 17.1 Å². The molecule has 0 aliphatic carbocycles. The van der Waals surface area contributed by atoms with E-state index in [1.165, 1.54) is 0 Å². The summed E-state index contributed by atoms with van der Waals surface area (Å²) in [4.78, 5) is 19.6. The van der Waals surface area contributed by atoms with E-state index >= 15 is 0 Å². The van der Waals surface area contributed by atoms with Gasteiger partial charge in [-0.2, -0.15) is 0 Å². The minimum atomic E-state index is -0.213. The minimum Gasteiger partial charge on any atom is -0.493 e. The summed E-state index contributed by atoms with van der Waals surface area (Å²) in [6, 6.07) is 5.78. The van der Waals surface area contributed by atoms with Crippen molar-refractivity contribution in [3.63, 3.8) is 0 Å². The summed E-state index contributed by atoms with van der Waals surface area (Å²) in [5.41, 5.74) is 2.93. The van der Waals surface area contributed by atoms with E-state index in [-0.39, 0.29) is 5.56 Å². The van der Waals surface area contributed by atoms with E-state index in [4.69, 9.17) is 10.1 Å². The van der Waals surface area contributed by atoms with Crippen LogP contribution in [-0.4, -0.2) is 22.3 Å². The average molecular weight is 313 g/mol. The van der Waals surface area contributed by atoms with Crippen LogP contribution in [0.4, 0.5) is 0 Å². The molecule has 122 valence electrons. The molecule has 0 atom stereocenters. The van der Waals surface area contributed by atoms with Gasteiger partial charge in [0.1, 0.15) is 11.6 Å². The van der Waals surface area contributed by atoms with Crippen LogP contribution < -0.4 is 10.3 Å². The highest BCUT2D eigenvalue weighted by molar-refractivity contribution is 5.97. The van der Waals surface area contributed by atoms with Gasteiger partial charge in [0, 0.05) is 5.56 Å². The molecule has 2 aromatic rings. The number of nitrogens with zero attached hydrogens (tertiary/aromatic N) is 1. The van der Waals surface area contributed by atoms with E-state index in [0.717, 1.165) is 17.5 Å². The zero-order valence-corrected chi connectivity index (χ0v) is 14.1. The van der Waals surface area contributed by atoms with Crippen molar-refractivity contribution in [3.05, 3.63) is 45.4 Å². The van der Waals surface area contributed by atoms with Gasteiger partial charge in [-0.05, 0) is 39.3 Å². The van der Waals surface area contributed by atoms with Crippen LogP contribution in [0.3, 0.4) is 0 Å². The third-order valence-corrected chi connectivity index (χ3v) is 3.63. The molecule has 0 aliphatic rings. The lowest BCUT2D eigenvalue weighted by molar-refractivity contribution is 0.341. The molecule has 0 saturated heterocycles. The molecule has 0 amide bonds. The van der Waals surface area contributed by atoms with E-state index in [0.29, 0.717) is 41.6 Å². The lowest BCUT2D eigenvalue weighted by atomic mass is 10.1. The molecule has 0 saturated carbocycles. The fraction of sp³-hybridized carbons (Fsp3) is 0.389. The third kappa shape index (κ3) is 3.67. The van der Waals surface area contributed by atoms with Crippen LogP contribution in [0.2, 0.25) is 0 Å². The topological polar surface area (TPSA) is 78.8 Å². The molecular weight excluding hydrogens is 290 g/mol. The Morgan fingerprint density at radius 3 is 2.70 bits per heavy atom. The molecule has 1 aromatic heterocycles. The van der Waals surface area contributed by atoms with Crippen molar-refractivity contribution in [2.75, 3.05) is 6.61 Å². The molecule has 0 aliphatic heterocycles. The number of aromatic amines is 1. The normalized spacial score (nSPS) is 10.6. The summed E-state index contributed by atoms with van der Waals surface area (Å²) in [5, 5.41) is 8.16. The number of hydrogen-bond acceptors (Lipinski definition) is 4. The molecule has 0 bridgehead atoms. The summed E-state index contributed by atoms with van der Waals surface area (Å²) in [7, 11) is 0. The predicted octanol–water partition coefficient (Wildman–Crippen LogP) is 3.62. The van der Waals surface area contributed by atoms with Gasteiger partial charge < -0.3 is 15.1 Å². The molecular formula is C18H23N3O2. The number of aromatic nitrogens is 2. The number of nitrogens with one attached hydrogen (secondary N) is 2. The van der Waals surface area contributed by atoms with E-state index < -0.39 is 0 Å². The Morgan fingerprint density at radius 2 is 2.04 bits per heavy atom. The van der Waals surface area contributed by atoms with Crippen LogP contribution in [0.25, 0.3) is 11.4 Å². The lowest BCUT2D eigenvalue weighted by Gasteiger charge is -2.13. The summed E-state index contributed by atoms with van der Waals surface area (Å²) in [6.07, 6.45) is 1.44. The number of rotatable bonds is 6. The van der Waals surface area contributed by atoms with E-state index in [1.807, 2.05) is 39.0 Å². The quantitative estimate of drug-likeness (QED) is 0.799. The Bertz CT molecular complexity index is 778. The van der Waals surface area contributed by atoms with Crippen molar-refractivity contribution in [1.29, 1.82) is 5.41 Å². The van der Waals surface area contributed by atoms with Crippen LogP contribution in [-0.2, 0) is 0 Å². The number of benzene rings is 1.